The molecule has 7 nitrogen and oxygen atoms in total. The third-order valence-corrected chi connectivity index (χ3v) is 5.80. The molecule has 3 N–H and O–H groups in total. The number of piperidine rings is 2. The van der Waals surface area contributed by atoms with Crippen LogP contribution in [0.25, 0.3) is 0 Å². The fourth-order valence-electron chi connectivity index (χ4n) is 4.10. The third-order valence-electron chi connectivity index (χ3n) is 5.80. The molecule has 0 aromatic heterocycles. The number of hydrogen-bond acceptors (Lipinski definition) is 5. The van der Waals surface area contributed by atoms with Crippen molar-refractivity contribution < 1.29 is 14.4 Å². The molecule has 2 heterocycles. The number of hydrogen-bond donors (Lipinski definition) is 3. The maximum absolute atomic E-state index is 12.2. The number of imide groups is 1. The normalized spacial score (nSPS) is 19.9. The zero-order chi connectivity index (χ0) is 21.2. The number of unbranched alkanes of at least 4 members (excludes halogenated alkanes) is 3. The summed E-state index contributed by atoms with van der Waals surface area (Å²) in [7, 11) is 0. The molecule has 1 atom stereocenters. The molecule has 0 spiro atoms. The molecule has 1 aromatic rings. The van der Waals surface area contributed by atoms with Crippen molar-refractivity contribution in [1.29, 1.82) is 0 Å². The van der Waals surface area contributed by atoms with Crippen molar-refractivity contribution in [3.63, 3.8) is 0 Å². The second-order valence-corrected chi connectivity index (χ2v) is 8.34. The number of nitrogens with zero attached hydrogens (tertiary/aromatic N) is 1. The topological polar surface area (TPSA) is 90.5 Å². The van der Waals surface area contributed by atoms with E-state index in [9.17, 15) is 14.4 Å². The molecule has 30 heavy (non-hydrogen) atoms. The van der Waals surface area contributed by atoms with E-state index in [4.69, 9.17) is 0 Å². The number of carbonyl (C=O) groups excluding carboxylic acids is 3. The minimum absolute atomic E-state index is 0.0178. The van der Waals surface area contributed by atoms with Gasteiger partial charge in [-0.05, 0) is 69.9 Å². The average molecular weight is 415 g/mol. The molecule has 1 unspecified atom stereocenters. The Kier molecular flexibility index (Phi) is 8.68. The Morgan fingerprint density at radius 2 is 1.80 bits per heavy atom. The van der Waals surface area contributed by atoms with Crippen LogP contribution in [0.2, 0.25) is 0 Å². The van der Waals surface area contributed by atoms with Crippen molar-refractivity contribution >= 4 is 29.1 Å². The first-order valence-corrected chi connectivity index (χ1v) is 11.3. The maximum Gasteiger partial charge on any atom is 0.249 e. The van der Waals surface area contributed by atoms with Crippen molar-refractivity contribution in [2.24, 2.45) is 0 Å². The number of carbonyl (C=O) groups is 3. The highest BCUT2D eigenvalue weighted by Gasteiger charge is 2.26. The number of anilines is 2. The maximum atomic E-state index is 12.2. The molecule has 2 saturated heterocycles. The van der Waals surface area contributed by atoms with E-state index in [0.29, 0.717) is 24.9 Å². The highest BCUT2D eigenvalue weighted by Crippen LogP contribution is 2.19. The highest BCUT2D eigenvalue weighted by atomic mass is 16.2. The van der Waals surface area contributed by atoms with Crippen LogP contribution in [-0.2, 0) is 14.4 Å². The molecular weight excluding hydrogens is 380 g/mol. The molecule has 164 valence electrons. The summed E-state index contributed by atoms with van der Waals surface area (Å²) in [5, 5.41) is 8.42. The van der Waals surface area contributed by atoms with Gasteiger partial charge in [-0.15, -0.1) is 0 Å². The van der Waals surface area contributed by atoms with Gasteiger partial charge in [-0.3, -0.25) is 19.7 Å². The summed E-state index contributed by atoms with van der Waals surface area (Å²) in [4.78, 5) is 37.9. The van der Waals surface area contributed by atoms with E-state index in [2.05, 4.69) is 20.9 Å². The van der Waals surface area contributed by atoms with E-state index < -0.39 is 6.04 Å². The molecule has 2 aliphatic rings. The quantitative estimate of drug-likeness (QED) is 0.404. The molecule has 1 aromatic carbocycles. The van der Waals surface area contributed by atoms with Crippen LogP contribution in [-0.4, -0.2) is 48.3 Å². The summed E-state index contributed by atoms with van der Waals surface area (Å²) in [6.45, 7) is 3.69. The van der Waals surface area contributed by atoms with Gasteiger partial charge in [0.05, 0.1) is 0 Å². The number of rotatable bonds is 10. The summed E-state index contributed by atoms with van der Waals surface area (Å²) in [6.07, 6.45) is 9.75. The second kappa shape index (κ2) is 11.7. The van der Waals surface area contributed by atoms with Crippen molar-refractivity contribution in [3.05, 3.63) is 24.3 Å². The van der Waals surface area contributed by atoms with Gasteiger partial charge in [0.1, 0.15) is 6.04 Å². The predicted octanol–water partition coefficient (Wildman–Crippen LogP) is 3.28. The zero-order valence-electron chi connectivity index (χ0n) is 17.8. The molecule has 7 heteroatoms. The Hall–Kier alpha value is -2.41. The molecule has 3 amide bonds. The Balaban J connectivity index is 1.32. The van der Waals surface area contributed by atoms with E-state index in [0.717, 1.165) is 18.5 Å². The lowest BCUT2D eigenvalue weighted by Crippen LogP contribution is -2.47. The standard InChI is InChI=1S/C23H34N4O3/c28-21(11-4-1-2-5-14-27-15-6-3-7-16-27)25-19-10-8-9-18(17-19)24-20-12-13-22(29)26-23(20)30/h8-10,17,20,24H,1-7,11-16H2,(H,25,28)(H,26,29,30). The van der Waals surface area contributed by atoms with Gasteiger partial charge in [0.25, 0.3) is 0 Å². The van der Waals surface area contributed by atoms with Crippen molar-refractivity contribution in [2.75, 3.05) is 30.3 Å². The molecular formula is C23H34N4O3. The molecule has 0 saturated carbocycles. The van der Waals surface area contributed by atoms with E-state index >= 15 is 0 Å². The van der Waals surface area contributed by atoms with Crippen LogP contribution in [0.1, 0.15) is 64.2 Å². The number of nitrogens with one attached hydrogen (secondary N) is 3. The van der Waals surface area contributed by atoms with E-state index in [1.165, 1.54) is 51.7 Å². The van der Waals surface area contributed by atoms with Gasteiger partial charge in [-0.1, -0.05) is 25.3 Å². The van der Waals surface area contributed by atoms with Gasteiger partial charge in [0.2, 0.25) is 17.7 Å². The first-order chi connectivity index (χ1) is 14.6. The summed E-state index contributed by atoms with van der Waals surface area (Å²) in [6, 6.07) is 6.91. The summed E-state index contributed by atoms with van der Waals surface area (Å²) in [5.41, 5.74) is 1.46. The third kappa shape index (κ3) is 7.44. The SMILES string of the molecule is O=C1CCC(Nc2cccc(NC(=O)CCCCCCN3CCCCC3)c2)C(=O)N1. The molecule has 0 aliphatic carbocycles. The van der Waals surface area contributed by atoms with Crippen LogP contribution in [0, 0.1) is 0 Å². The van der Waals surface area contributed by atoms with Crippen LogP contribution in [0.3, 0.4) is 0 Å². The molecule has 3 rings (SSSR count). The Morgan fingerprint density at radius 1 is 1.03 bits per heavy atom. The van der Waals surface area contributed by atoms with Crippen molar-refractivity contribution in [2.45, 2.75) is 70.3 Å². The van der Waals surface area contributed by atoms with Gasteiger partial charge in [-0.25, -0.2) is 0 Å². The molecule has 0 bridgehead atoms. The van der Waals surface area contributed by atoms with Gasteiger partial charge in [-0.2, -0.15) is 0 Å². The first kappa shape index (κ1) is 22.3. The fourth-order valence-corrected chi connectivity index (χ4v) is 4.10. The summed E-state index contributed by atoms with van der Waals surface area (Å²) < 4.78 is 0. The zero-order valence-corrected chi connectivity index (χ0v) is 17.8. The minimum atomic E-state index is -0.432. The summed E-state index contributed by atoms with van der Waals surface area (Å²) in [5.74, 6) is -0.518. The van der Waals surface area contributed by atoms with E-state index in [1.807, 2.05) is 24.3 Å². The van der Waals surface area contributed by atoms with Gasteiger partial charge < -0.3 is 15.5 Å². The minimum Gasteiger partial charge on any atom is -0.374 e. The average Bonchev–Trinajstić information content (AvgIpc) is 2.74. The van der Waals surface area contributed by atoms with Crippen molar-refractivity contribution in [3.8, 4) is 0 Å². The largest absolute Gasteiger partial charge is 0.374 e. The van der Waals surface area contributed by atoms with Crippen LogP contribution in [0.4, 0.5) is 11.4 Å². The molecule has 2 aliphatic heterocycles. The first-order valence-electron chi connectivity index (χ1n) is 11.3. The number of likely N-dealkylation sites (tertiary alicyclic amines) is 1. The molecule has 0 radical (unpaired) electrons. The fraction of sp³-hybridized carbons (Fsp3) is 0.609. The lowest BCUT2D eigenvalue weighted by atomic mass is 10.1. The Labute approximate surface area is 179 Å². The van der Waals surface area contributed by atoms with Crippen LogP contribution < -0.4 is 16.0 Å². The smallest absolute Gasteiger partial charge is 0.249 e. The second-order valence-electron chi connectivity index (χ2n) is 8.34. The van der Waals surface area contributed by atoms with Crippen LogP contribution >= 0.6 is 0 Å². The van der Waals surface area contributed by atoms with Gasteiger partial charge in [0, 0.05) is 24.2 Å². The highest BCUT2D eigenvalue weighted by molar-refractivity contribution is 6.01. The lowest BCUT2D eigenvalue weighted by molar-refractivity contribution is -0.133. The lowest BCUT2D eigenvalue weighted by Gasteiger charge is -2.26. The number of benzene rings is 1. The van der Waals surface area contributed by atoms with Crippen LogP contribution in [0.5, 0.6) is 0 Å². The molecule has 2 fully saturated rings. The van der Waals surface area contributed by atoms with Crippen molar-refractivity contribution in [1.82, 2.24) is 10.2 Å². The Bertz CT molecular complexity index is 731. The predicted molar refractivity (Wildman–Crippen MR) is 118 cm³/mol. The van der Waals surface area contributed by atoms with E-state index in [1.54, 1.807) is 0 Å². The summed E-state index contributed by atoms with van der Waals surface area (Å²) >= 11 is 0. The van der Waals surface area contributed by atoms with Crippen LogP contribution in [0.15, 0.2) is 24.3 Å². The van der Waals surface area contributed by atoms with E-state index in [-0.39, 0.29) is 17.7 Å². The monoisotopic (exact) mass is 414 g/mol. The Morgan fingerprint density at radius 3 is 2.60 bits per heavy atom. The number of amides is 3. The van der Waals surface area contributed by atoms with Gasteiger partial charge >= 0.3 is 0 Å². The van der Waals surface area contributed by atoms with Gasteiger partial charge in [0.15, 0.2) is 0 Å².